The van der Waals surface area contributed by atoms with Crippen LogP contribution in [0.25, 0.3) is 0 Å². The number of rotatable bonds is 7. The standard InChI is InChI=1S/C13H28N2O2/c1-5-16-13(17-6-2)7-8-15-10-9-14(4)12(3)11-15/h12-13H,5-11H2,1-4H3. The van der Waals surface area contributed by atoms with Crippen molar-refractivity contribution in [2.75, 3.05) is 46.4 Å². The summed E-state index contributed by atoms with van der Waals surface area (Å²) < 4.78 is 11.1. The van der Waals surface area contributed by atoms with Crippen LogP contribution in [-0.4, -0.2) is 68.6 Å². The van der Waals surface area contributed by atoms with Crippen LogP contribution in [0.4, 0.5) is 0 Å². The van der Waals surface area contributed by atoms with Gasteiger partial charge in [-0.3, -0.25) is 0 Å². The fourth-order valence-corrected chi connectivity index (χ4v) is 2.20. The first-order chi connectivity index (χ1) is 8.17. The quantitative estimate of drug-likeness (QED) is 0.632. The smallest absolute Gasteiger partial charge is 0.158 e. The summed E-state index contributed by atoms with van der Waals surface area (Å²) in [6, 6.07) is 0.654. The predicted octanol–water partition coefficient (Wildman–Crippen LogP) is 1.41. The minimum absolute atomic E-state index is 0.0278. The molecule has 1 unspecified atom stereocenters. The molecule has 1 fully saturated rings. The van der Waals surface area contributed by atoms with Gasteiger partial charge in [-0.1, -0.05) is 0 Å². The van der Waals surface area contributed by atoms with Crippen LogP contribution in [-0.2, 0) is 9.47 Å². The van der Waals surface area contributed by atoms with Crippen molar-refractivity contribution in [1.82, 2.24) is 9.80 Å². The zero-order valence-corrected chi connectivity index (χ0v) is 11.8. The van der Waals surface area contributed by atoms with Crippen molar-refractivity contribution < 1.29 is 9.47 Å². The van der Waals surface area contributed by atoms with Gasteiger partial charge in [-0.15, -0.1) is 0 Å². The molecule has 0 N–H and O–H groups in total. The summed E-state index contributed by atoms with van der Waals surface area (Å²) in [5.41, 5.74) is 0. The van der Waals surface area contributed by atoms with E-state index in [-0.39, 0.29) is 6.29 Å². The number of hydrogen-bond acceptors (Lipinski definition) is 4. The molecule has 0 aromatic heterocycles. The Morgan fingerprint density at radius 2 is 1.82 bits per heavy atom. The first kappa shape index (κ1) is 14.9. The lowest BCUT2D eigenvalue weighted by molar-refractivity contribution is -0.142. The highest BCUT2D eigenvalue weighted by Crippen LogP contribution is 2.09. The van der Waals surface area contributed by atoms with Gasteiger partial charge in [0.2, 0.25) is 0 Å². The van der Waals surface area contributed by atoms with Gasteiger partial charge in [0.15, 0.2) is 6.29 Å². The lowest BCUT2D eigenvalue weighted by atomic mass is 10.2. The molecule has 0 spiro atoms. The SMILES string of the molecule is CCOC(CCN1CCN(C)C(C)C1)OCC. The third-order valence-electron chi connectivity index (χ3n) is 3.43. The monoisotopic (exact) mass is 244 g/mol. The van der Waals surface area contributed by atoms with Gasteiger partial charge in [0.1, 0.15) is 0 Å². The summed E-state index contributed by atoms with van der Waals surface area (Å²) in [5, 5.41) is 0. The van der Waals surface area contributed by atoms with E-state index in [0.717, 1.165) is 45.8 Å². The largest absolute Gasteiger partial charge is 0.353 e. The third-order valence-corrected chi connectivity index (χ3v) is 3.43. The van der Waals surface area contributed by atoms with Crippen LogP contribution in [0.15, 0.2) is 0 Å². The summed E-state index contributed by atoms with van der Waals surface area (Å²) >= 11 is 0. The zero-order chi connectivity index (χ0) is 12.7. The van der Waals surface area contributed by atoms with Crippen LogP contribution in [0.3, 0.4) is 0 Å². The van der Waals surface area contributed by atoms with Gasteiger partial charge < -0.3 is 19.3 Å². The molecule has 1 rings (SSSR count). The molecule has 1 aliphatic heterocycles. The summed E-state index contributed by atoms with van der Waals surface area (Å²) in [6.45, 7) is 12.3. The molecule has 0 aliphatic carbocycles. The molecule has 0 aromatic carbocycles. The maximum atomic E-state index is 5.56. The van der Waals surface area contributed by atoms with E-state index < -0.39 is 0 Å². The van der Waals surface area contributed by atoms with E-state index in [1.807, 2.05) is 13.8 Å². The molecular weight excluding hydrogens is 216 g/mol. The van der Waals surface area contributed by atoms with Crippen molar-refractivity contribution in [2.45, 2.75) is 39.5 Å². The minimum atomic E-state index is -0.0278. The first-order valence-corrected chi connectivity index (χ1v) is 6.83. The Kier molecular flexibility index (Phi) is 7.04. The molecule has 4 heteroatoms. The molecule has 102 valence electrons. The van der Waals surface area contributed by atoms with E-state index in [2.05, 4.69) is 23.8 Å². The number of hydrogen-bond donors (Lipinski definition) is 0. The van der Waals surface area contributed by atoms with Crippen LogP contribution in [0, 0.1) is 0 Å². The lowest BCUT2D eigenvalue weighted by Gasteiger charge is -2.38. The fourth-order valence-electron chi connectivity index (χ4n) is 2.20. The van der Waals surface area contributed by atoms with Gasteiger partial charge in [0.05, 0.1) is 0 Å². The highest BCUT2D eigenvalue weighted by molar-refractivity contribution is 4.76. The van der Waals surface area contributed by atoms with Gasteiger partial charge >= 0.3 is 0 Å². The molecule has 0 saturated carbocycles. The van der Waals surface area contributed by atoms with Gasteiger partial charge in [-0.25, -0.2) is 0 Å². The predicted molar refractivity (Wildman–Crippen MR) is 70.2 cm³/mol. The first-order valence-electron chi connectivity index (χ1n) is 6.83. The normalized spacial score (nSPS) is 23.5. The maximum Gasteiger partial charge on any atom is 0.158 e. The van der Waals surface area contributed by atoms with Gasteiger partial charge in [0, 0.05) is 51.9 Å². The van der Waals surface area contributed by atoms with E-state index >= 15 is 0 Å². The molecule has 1 heterocycles. The Morgan fingerprint density at radius 1 is 1.18 bits per heavy atom. The summed E-state index contributed by atoms with van der Waals surface area (Å²) in [5.74, 6) is 0. The van der Waals surface area contributed by atoms with Crippen molar-refractivity contribution in [3.8, 4) is 0 Å². The summed E-state index contributed by atoms with van der Waals surface area (Å²) in [7, 11) is 2.20. The molecule has 4 nitrogen and oxygen atoms in total. The van der Waals surface area contributed by atoms with Crippen LogP contribution >= 0.6 is 0 Å². The molecule has 0 radical (unpaired) electrons. The summed E-state index contributed by atoms with van der Waals surface area (Å²) in [6.07, 6.45) is 0.943. The Balaban J connectivity index is 2.24. The Hall–Kier alpha value is -0.160. The van der Waals surface area contributed by atoms with Crippen LogP contribution in [0.5, 0.6) is 0 Å². The number of piperazine rings is 1. The number of nitrogens with zero attached hydrogens (tertiary/aromatic N) is 2. The van der Waals surface area contributed by atoms with Crippen molar-refractivity contribution in [2.24, 2.45) is 0 Å². The molecule has 1 atom stereocenters. The van der Waals surface area contributed by atoms with Gasteiger partial charge in [-0.05, 0) is 27.8 Å². The highest BCUT2D eigenvalue weighted by Gasteiger charge is 2.21. The van der Waals surface area contributed by atoms with Crippen LogP contribution in [0.2, 0.25) is 0 Å². The average Bonchev–Trinajstić information content (AvgIpc) is 2.31. The second-order valence-electron chi connectivity index (χ2n) is 4.76. The lowest BCUT2D eigenvalue weighted by Crippen LogP contribution is -2.50. The molecule has 17 heavy (non-hydrogen) atoms. The topological polar surface area (TPSA) is 24.9 Å². The molecule has 0 bridgehead atoms. The van der Waals surface area contributed by atoms with Crippen molar-refractivity contribution in [3.63, 3.8) is 0 Å². The molecule has 0 aromatic rings. The summed E-state index contributed by atoms with van der Waals surface area (Å²) in [4.78, 5) is 4.93. The molecular formula is C13H28N2O2. The van der Waals surface area contributed by atoms with Crippen molar-refractivity contribution in [3.05, 3.63) is 0 Å². The van der Waals surface area contributed by atoms with Gasteiger partial charge in [-0.2, -0.15) is 0 Å². The minimum Gasteiger partial charge on any atom is -0.353 e. The van der Waals surface area contributed by atoms with E-state index in [1.165, 1.54) is 0 Å². The van der Waals surface area contributed by atoms with E-state index in [1.54, 1.807) is 0 Å². The molecule has 1 aliphatic rings. The fraction of sp³-hybridized carbons (Fsp3) is 1.00. The second-order valence-corrected chi connectivity index (χ2v) is 4.76. The van der Waals surface area contributed by atoms with Crippen LogP contribution < -0.4 is 0 Å². The number of likely N-dealkylation sites (N-methyl/N-ethyl adjacent to an activating group) is 1. The van der Waals surface area contributed by atoms with Crippen molar-refractivity contribution in [1.29, 1.82) is 0 Å². The molecule has 0 amide bonds. The Labute approximate surface area is 106 Å². The molecule has 1 saturated heterocycles. The average molecular weight is 244 g/mol. The number of ether oxygens (including phenoxy) is 2. The zero-order valence-electron chi connectivity index (χ0n) is 11.8. The van der Waals surface area contributed by atoms with E-state index in [0.29, 0.717) is 6.04 Å². The maximum absolute atomic E-state index is 5.56. The highest BCUT2D eigenvalue weighted by atomic mass is 16.7. The Morgan fingerprint density at radius 3 is 2.35 bits per heavy atom. The van der Waals surface area contributed by atoms with E-state index in [4.69, 9.17) is 9.47 Å². The van der Waals surface area contributed by atoms with E-state index in [9.17, 15) is 0 Å². The Bertz CT molecular complexity index is 196. The van der Waals surface area contributed by atoms with Crippen molar-refractivity contribution >= 4 is 0 Å². The third kappa shape index (κ3) is 5.34. The second kappa shape index (κ2) is 8.03. The van der Waals surface area contributed by atoms with Gasteiger partial charge in [0.25, 0.3) is 0 Å². The van der Waals surface area contributed by atoms with Crippen LogP contribution in [0.1, 0.15) is 27.2 Å².